The number of hydrogen-bond donors (Lipinski definition) is 2. The molecule has 0 aromatic heterocycles. The van der Waals surface area contributed by atoms with Crippen molar-refractivity contribution in [2.75, 3.05) is 13.7 Å². The maximum atomic E-state index is 6.15. The molecule has 3 heteroatoms. The molecular formula is C14H22N2O. The van der Waals surface area contributed by atoms with Crippen LogP contribution in [0.1, 0.15) is 30.0 Å². The SMILES string of the molecule is COC1CC(NCC(N)c2ccc(C)cc2)C1. The number of benzene rings is 1. The maximum Gasteiger partial charge on any atom is 0.0601 e. The van der Waals surface area contributed by atoms with Crippen molar-refractivity contribution in [3.05, 3.63) is 35.4 Å². The van der Waals surface area contributed by atoms with E-state index in [2.05, 4.69) is 36.5 Å². The summed E-state index contributed by atoms with van der Waals surface area (Å²) in [4.78, 5) is 0. The smallest absolute Gasteiger partial charge is 0.0601 e. The molecule has 0 saturated heterocycles. The highest BCUT2D eigenvalue weighted by atomic mass is 16.5. The van der Waals surface area contributed by atoms with Crippen LogP contribution in [-0.2, 0) is 4.74 Å². The van der Waals surface area contributed by atoms with Gasteiger partial charge in [0.15, 0.2) is 0 Å². The van der Waals surface area contributed by atoms with Gasteiger partial charge in [-0.05, 0) is 25.3 Å². The van der Waals surface area contributed by atoms with Crippen LogP contribution in [0.5, 0.6) is 0 Å². The second kappa shape index (κ2) is 5.63. The Kier molecular flexibility index (Phi) is 4.15. The Morgan fingerprint density at radius 3 is 2.59 bits per heavy atom. The number of nitrogens with two attached hydrogens (primary N) is 1. The molecule has 0 radical (unpaired) electrons. The molecule has 1 aromatic rings. The molecule has 1 aliphatic rings. The third-order valence-electron chi connectivity index (χ3n) is 3.56. The zero-order valence-corrected chi connectivity index (χ0v) is 10.6. The van der Waals surface area contributed by atoms with E-state index >= 15 is 0 Å². The van der Waals surface area contributed by atoms with Crippen LogP contribution in [0.15, 0.2) is 24.3 Å². The number of ether oxygens (including phenoxy) is 1. The number of methoxy groups -OCH3 is 1. The molecule has 1 saturated carbocycles. The summed E-state index contributed by atoms with van der Waals surface area (Å²) < 4.78 is 5.25. The van der Waals surface area contributed by atoms with E-state index in [1.165, 1.54) is 11.1 Å². The summed E-state index contributed by atoms with van der Waals surface area (Å²) in [5.74, 6) is 0. The van der Waals surface area contributed by atoms with Crippen molar-refractivity contribution in [2.45, 2.75) is 38.0 Å². The Morgan fingerprint density at radius 2 is 2.00 bits per heavy atom. The average molecular weight is 234 g/mol. The monoisotopic (exact) mass is 234 g/mol. The summed E-state index contributed by atoms with van der Waals surface area (Å²) in [5, 5.41) is 3.49. The number of nitrogens with one attached hydrogen (secondary N) is 1. The zero-order chi connectivity index (χ0) is 12.3. The van der Waals surface area contributed by atoms with Gasteiger partial charge in [-0.3, -0.25) is 0 Å². The molecular weight excluding hydrogens is 212 g/mol. The molecule has 2 rings (SSSR count). The Balaban J connectivity index is 1.74. The van der Waals surface area contributed by atoms with Crippen LogP contribution >= 0.6 is 0 Å². The highest BCUT2D eigenvalue weighted by molar-refractivity contribution is 5.24. The van der Waals surface area contributed by atoms with Crippen molar-refractivity contribution in [3.63, 3.8) is 0 Å². The van der Waals surface area contributed by atoms with Gasteiger partial charge in [0.1, 0.15) is 0 Å². The highest BCUT2D eigenvalue weighted by Gasteiger charge is 2.28. The molecule has 0 bridgehead atoms. The summed E-state index contributed by atoms with van der Waals surface area (Å²) >= 11 is 0. The zero-order valence-electron chi connectivity index (χ0n) is 10.6. The van der Waals surface area contributed by atoms with Gasteiger partial charge in [0.2, 0.25) is 0 Å². The minimum atomic E-state index is 0.0807. The van der Waals surface area contributed by atoms with E-state index in [9.17, 15) is 0 Å². The first-order chi connectivity index (χ1) is 8.19. The molecule has 0 amide bonds. The van der Waals surface area contributed by atoms with Crippen LogP contribution in [0.4, 0.5) is 0 Å². The van der Waals surface area contributed by atoms with E-state index in [-0.39, 0.29) is 6.04 Å². The third kappa shape index (κ3) is 3.28. The van der Waals surface area contributed by atoms with Gasteiger partial charge in [0.25, 0.3) is 0 Å². The molecule has 1 aliphatic carbocycles. The van der Waals surface area contributed by atoms with Crippen LogP contribution in [0.25, 0.3) is 0 Å². The van der Waals surface area contributed by atoms with Gasteiger partial charge in [-0.25, -0.2) is 0 Å². The summed E-state index contributed by atoms with van der Waals surface area (Å²) in [7, 11) is 1.78. The van der Waals surface area contributed by atoms with Gasteiger partial charge in [0, 0.05) is 25.7 Å². The van der Waals surface area contributed by atoms with Gasteiger partial charge >= 0.3 is 0 Å². The Labute approximate surface area is 103 Å². The summed E-state index contributed by atoms with van der Waals surface area (Å²) in [6.07, 6.45) is 2.66. The van der Waals surface area contributed by atoms with Crippen molar-refractivity contribution < 1.29 is 4.74 Å². The van der Waals surface area contributed by atoms with E-state index in [0.29, 0.717) is 12.1 Å². The van der Waals surface area contributed by atoms with Crippen LogP contribution in [0, 0.1) is 6.92 Å². The molecule has 1 atom stereocenters. The predicted octanol–water partition coefficient (Wildman–Crippen LogP) is 1.76. The summed E-state index contributed by atoms with van der Waals surface area (Å²) in [5.41, 5.74) is 8.62. The molecule has 0 aliphatic heterocycles. The fraction of sp³-hybridized carbons (Fsp3) is 0.571. The lowest BCUT2D eigenvalue weighted by Crippen LogP contribution is -2.47. The summed E-state index contributed by atoms with van der Waals surface area (Å²) in [6.45, 7) is 2.93. The van der Waals surface area contributed by atoms with Gasteiger partial charge in [-0.1, -0.05) is 29.8 Å². The lowest BCUT2D eigenvalue weighted by molar-refractivity contribution is 0.0172. The second-order valence-electron chi connectivity index (χ2n) is 4.95. The molecule has 94 valence electrons. The molecule has 0 spiro atoms. The molecule has 3 N–H and O–H groups in total. The quantitative estimate of drug-likeness (QED) is 0.816. The fourth-order valence-corrected chi connectivity index (χ4v) is 2.15. The van der Waals surface area contributed by atoms with Crippen molar-refractivity contribution in [2.24, 2.45) is 5.73 Å². The van der Waals surface area contributed by atoms with E-state index < -0.39 is 0 Å². The first-order valence-electron chi connectivity index (χ1n) is 6.27. The summed E-state index contributed by atoms with van der Waals surface area (Å²) in [6, 6.07) is 9.11. The molecule has 3 nitrogen and oxygen atoms in total. The fourth-order valence-electron chi connectivity index (χ4n) is 2.15. The third-order valence-corrected chi connectivity index (χ3v) is 3.56. The van der Waals surface area contributed by atoms with Gasteiger partial charge in [-0.15, -0.1) is 0 Å². The number of hydrogen-bond acceptors (Lipinski definition) is 3. The van der Waals surface area contributed by atoms with Crippen molar-refractivity contribution in [1.29, 1.82) is 0 Å². The normalized spacial score (nSPS) is 25.4. The van der Waals surface area contributed by atoms with Crippen LogP contribution in [-0.4, -0.2) is 25.8 Å². The Morgan fingerprint density at radius 1 is 1.35 bits per heavy atom. The number of aryl methyl sites for hydroxylation is 1. The average Bonchev–Trinajstić information content (AvgIpc) is 2.28. The minimum absolute atomic E-state index is 0.0807. The van der Waals surface area contributed by atoms with Crippen molar-refractivity contribution in [3.8, 4) is 0 Å². The molecule has 1 aromatic carbocycles. The first kappa shape index (κ1) is 12.6. The van der Waals surface area contributed by atoms with Crippen molar-refractivity contribution in [1.82, 2.24) is 5.32 Å². The van der Waals surface area contributed by atoms with E-state index in [1.54, 1.807) is 7.11 Å². The second-order valence-corrected chi connectivity index (χ2v) is 4.95. The molecule has 0 heterocycles. The molecule has 1 unspecified atom stereocenters. The topological polar surface area (TPSA) is 47.3 Å². The van der Waals surface area contributed by atoms with Crippen LogP contribution in [0.3, 0.4) is 0 Å². The molecule has 1 fully saturated rings. The largest absolute Gasteiger partial charge is 0.381 e. The standard InChI is InChI=1S/C14H22N2O/c1-10-3-5-11(6-4-10)14(15)9-16-12-7-13(8-12)17-2/h3-6,12-14,16H,7-9,15H2,1-2H3. The maximum absolute atomic E-state index is 6.15. The molecule has 17 heavy (non-hydrogen) atoms. The minimum Gasteiger partial charge on any atom is -0.381 e. The van der Waals surface area contributed by atoms with Gasteiger partial charge < -0.3 is 15.8 Å². The van der Waals surface area contributed by atoms with Gasteiger partial charge in [-0.2, -0.15) is 0 Å². The Bertz CT molecular complexity index is 344. The lowest BCUT2D eigenvalue weighted by Gasteiger charge is -2.35. The number of rotatable bonds is 5. The van der Waals surface area contributed by atoms with Gasteiger partial charge in [0.05, 0.1) is 6.10 Å². The van der Waals surface area contributed by atoms with Crippen LogP contribution < -0.4 is 11.1 Å². The lowest BCUT2D eigenvalue weighted by atomic mass is 9.89. The van der Waals surface area contributed by atoms with E-state index in [1.807, 2.05) is 0 Å². The van der Waals surface area contributed by atoms with E-state index in [0.717, 1.165) is 19.4 Å². The Hall–Kier alpha value is -0.900. The predicted molar refractivity (Wildman–Crippen MR) is 69.9 cm³/mol. The van der Waals surface area contributed by atoms with Crippen LogP contribution in [0.2, 0.25) is 0 Å². The first-order valence-corrected chi connectivity index (χ1v) is 6.27. The van der Waals surface area contributed by atoms with Crippen molar-refractivity contribution >= 4 is 0 Å². The van der Waals surface area contributed by atoms with E-state index in [4.69, 9.17) is 10.5 Å². The highest BCUT2D eigenvalue weighted by Crippen LogP contribution is 2.22.